The molecule has 39 heavy (non-hydrogen) atoms. The van der Waals surface area contributed by atoms with Crippen LogP contribution in [0.2, 0.25) is 0 Å². The maximum Gasteiger partial charge on any atom is 0.233 e. The summed E-state index contributed by atoms with van der Waals surface area (Å²) in [5.41, 5.74) is 0.158. The Morgan fingerprint density at radius 2 is 1.18 bits per heavy atom. The van der Waals surface area contributed by atoms with E-state index in [-0.39, 0.29) is 49.2 Å². The summed E-state index contributed by atoms with van der Waals surface area (Å²) in [7, 11) is 0. The first-order valence-corrected chi connectivity index (χ1v) is 12.5. The van der Waals surface area contributed by atoms with E-state index in [1.54, 1.807) is 6.07 Å². The molecule has 1 heterocycles. The summed E-state index contributed by atoms with van der Waals surface area (Å²) in [5, 5.41) is 18.6. The van der Waals surface area contributed by atoms with Gasteiger partial charge in [0.1, 0.15) is 18.1 Å². The second-order valence-electron chi connectivity index (χ2n) is 8.08. The molecular formula is C27H34O12. The minimum atomic E-state index is -0.789. The number of carbonyl (C=O) groups excluding carboxylic acids is 2. The van der Waals surface area contributed by atoms with Crippen LogP contribution < -0.4 is 14.2 Å². The molecule has 214 valence electrons. The maximum atomic E-state index is 12.7. The summed E-state index contributed by atoms with van der Waals surface area (Å²) in [6.07, 6.45) is 0. The Balaban J connectivity index is 1.25. The molecule has 0 radical (unpaired) electrons. The molecule has 0 fully saturated rings. The van der Waals surface area contributed by atoms with Gasteiger partial charge in [-0.15, -0.1) is 0 Å². The van der Waals surface area contributed by atoms with Gasteiger partial charge in [-0.1, -0.05) is 0 Å². The highest BCUT2D eigenvalue weighted by Gasteiger charge is 2.23. The van der Waals surface area contributed by atoms with Gasteiger partial charge >= 0.3 is 0 Å². The standard InChI is InChI=1S/C27H34O12/c28-3-4-32-5-6-33-7-8-34-9-10-35-11-12-36-13-14-37-23-16-21(15-22(29)18-23)27(31)26(30)20-1-2-24-25(17-20)39-19-38-24/h1-2,15-18,28-29H,3-14,19H2. The van der Waals surface area contributed by atoms with Gasteiger partial charge < -0.3 is 48.1 Å². The summed E-state index contributed by atoms with van der Waals surface area (Å²) in [4.78, 5) is 25.4. The van der Waals surface area contributed by atoms with E-state index >= 15 is 0 Å². The topological polar surface area (TPSA) is 148 Å². The van der Waals surface area contributed by atoms with Crippen molar-refractivity contribution in [1.29, 1.82) is 0 Å². The Morgan fingerprint density at radius 3 is 1.79 bits per heavy atom. The molecule has 1 aliphatic heterocycles. The van der Waals surface area contributed by atoms with Crippen molar-refractivity contribution in [2.24, 2.45) is 0 Å². The van der Waals surface area contributed by atoms with Crippen molar-refractivity contribution in [3.8, 4) is 23.0 Å². The summed E-state index contributed by atoms with van der Waals surface area (Å²) in [6.45, 7) is 4.18. The molecule has 2 N–H and O–H groups in total. The van der Waals surface area contributed by atoms with E-state index < -0.39 is 11.6 Å². The van der Waals surface area contributed by atoms with Crippen molar-refractivity contribution < 1.29 is 57.7 Å². The molecule has 0 atom stereocenters. The van der Waals surface area contributed by atoms with Gasteiger partial charge in [-0.3, -0.25) is 9.59 Å². The van der Waals surface area contributed by atoms with Crippen LogP contribution in [0.25, 0.3) is 0 Å². The fourth-order valence-electron chi connectivity index (χ4n) is 3.36. The molecule has 12 nitrogen and oxygen atoms in total. The average Bonchev–Trinajstić information content (AvgIpc) is 3.42. The van der Waals surface area contributed by atoms with Gasteiger partial charge in [0.2, 0.25) is 18.4 Å². The lowest BCUT2D eigenvalue weighted by atomic mass is 10.0. The van der Waals surface area contributed by atoms with Gasteiger partial charge in [0, 0.05) is 17.2 Å². The van der Waals surface area contributed by atoms with E-state index in [1.165, 1.54) is 30.3 Å². The highest BCUT2D eigenvalue weighted by atomic mass is 16.7. The first kappa shape index (κ1) is 30.3. The predicted octanol–water partition coefficient (Wildman–Crippen LogP) is 1.64. The van der Waals surface area contributed by atoms with Crippen LogP contribution in [0.4, 0.5) is 0 Å². The number of fused-ring (bicyclic) bond motifs is 1. The second-order valence-corrected chi connectivity index (χ2v) is 8.08. The number of hydrogen-bond acceptors (Lipinski definition) is 12. The number of Topliss-reactive ketones (excluding diaryl/α,β-unsaturated/α-hetero) is 2. The first-order valence-electron chi connectivity index (χ1n) is 12.5. The first-order chi connectivity index (χ1) is 19.1. The van der Waals surface area contributed by atoms with Crippen molar-refractivity contribution in [2.45, 2.75) is 0 Å². The number of aliphatic hydroxyl groups is 1. The third-order valence-corrected chi connectivity index (χ3v) is 5.21. The van der Waals surface area contributed by atoms with Crippen molar-refractivity contribution in [3.05, 3.63) is 47.5 Å². The van der Waals surface area contributed by atoms with Crippen LogP contribution in [0.5, 0.6) is 23.0 Å². The van der Waals surface area contributed by atoms with Gasteiger partial charge in [-0.25, -0.2) is 0 Å². The second kappa shape index (κ2) is 17.4. The number of carbonyl (C=O) groups is 2. The van der Waals surface area contributed by atoms with E-state index in [0.717, 1.165) is 0 Å². The van der Waals surface area contributed by atoms with Crippen LogP contribution in [-0.2, 0) is 23.7 Å². The molecule has 0 bridgehead atoms. The molecule has 2 aromatic rings. The van der Waals surface area contributed by atoms with Crippen molar-refractivity contribution in [3.63, 3.8) is 0 Å². The minimum Gasteiger partial charge on any atom is -0.508 e. The van der Waals surface area contributed by atoms with Gasteiger partial charge in [0.05, 0.1) is 72.7 Å². The molecule has 0 saturated carbocycles. The number of ether oxygens (including phenoxy) is 8. The predicted molar refractivity (Wildman–Crippen MR) is 136 cm³/mol. The number of aromatic hydroxyl groups is 1. The van der Waals surface area contributed by atoms with Crippen molar-refractivity contribution in [1.82, 2.24) is 0 Å². The Labute approximate surface area is 226 Å². The van der Waals surface area contributed by atoms with Crippen LogP contribution in [-0.4, -0.2) is 108 Å². The highest BCUT2D eigenvalue weighted by molar-refractivity contribution is 6.49. The lowest BCUT2D eigenvalue weighted by Crippen LogP contribution is -2.15. The fraction of sp³-hybridized carbons (Fsp3) is 0.481. The fourth-order valence-corrected chi connectivity index (χ4v) is 3.36. The zero-order valence-corrected chi connectivity index (χ0v) is 21.6. The SMILES string of the molecule is O=C(C(=O)c1ccc2c(c1)OCO2)c1cc(O)cc(OCCOCCOCCOCCOCCOCCO)c1. The summed E-state index contributed by atoms with van der Waals surface area (Å²) in [5.74, 6) is -0.604. The molecule has 2 aromatic carbocycles. The number of phenols is 1. The number of rotatable bonds is 21. The Kier molecular flexibility index (Phi) is 13.5. The molecule has 0 saturated heterocycles. The van der Waals surface area contributed by atoms with Gasteiger partial charge in [0.15, 0.2) is 11.5 Å². The molecule has 3 rings (SSSR count). The lowest BCUT2D eigenvalue weighted by molar-refractivity contribution is -0.0146. The molecule has 0 amide bonds. The van der Waals surface area contributed by atoms with Crippen molar-refractivity contribution >= 4 is 11.6 Å². The Morgan fingerprint density at radius 1 is 0.641 bits per heavy atom. The third-order valence-electron chi connectivity index (χ3n) is 5.21. The smallest absolute Gasteiger partial charge is 0.233 e. The normalized spacial score (nSPS) is 12.0. The Hall–Kier alpha value is -3.26. The molecule has 0 spiro atoms. The number of hydrogen-bond donors (Lipinski definition) is 2. The van der Waals surface area contributed by atoms with E-state index in [2.05, 4.69) is 0 Å². The van der Waals surface area contributed by atoms with Crippen LogP contribution in [0.15, 0.2) is 36.4 Å². The average molecular weight is 551 g/mol. The summed E-state index contributed by atoms with van der Waals surface area (Å²) in [6, 6.07) is 8.46. The molecule has 0 unspecified atom stereocenters. The summed E-state index contributed by atoms with van der Waals surface area (Å²) < 4.78 is 42.7. The van der Waals surface area contributed by atoms with Crippen LogP contribution in [0.3, 0.4) is 0 Å². The highest BCUT2D eigenvalue weighted by Crippen LogP contribution is 2.33. The monoisotopic (exact) mass is 550 g/mol. The lowest BCUT2D eigenvalue weighted by Gasteiger charge is -2.10. The number of ketones is 2. The zero-order valence-electron chi connectivity index (χ0n) is 21.6. The third kappa shape index (κ3) is 10.8. The zero-order chi connectivity index (χ0) is 27.7. The van der Waals surface area contributed by atoms with Crippen LogP contribution in [0, 0.1) is 0 Å². The quantitative estimate of drug-likeness (QED) is 0.132. The van der Waals surface area contributed by atoms with Gasteiger partial charge in [0.25, 0.3) is 0 Å². The largest absolute Gasteiger partial charge is 0.508 e. The van der Waals surface area contributed by atoms with E-state index in [1.807, 2.05) is 0 Å². The molecule has 12 heteroatoms. The van der Waals surface area contributed by atoms with Crippen molar-refractivity contribution in [2.75, 3.05) is 86.1 Å². The van der Waals surface area contributed by atoms with E-state index in [9.17, 15) is 14.7 Å². The van der Waals surface area contributed by atoms with Gasteiger partial charge in [-0.2, -0.15) is 0 Å². The van der Waals surface area contributed by atoms with Crippen LogP contribution >= 0.6 is 0 Å². The number of phenolic OH excluding ortho intramolecular Hbond substituents is 1. The molecule has 0 aromatic heterocycles. The number of aliphatic hydroxyl groups excluding tert-OH is 1. The van der Waals surface area contributed by atoms with Crippen LogP contribution in [0.1, 0.15) is 20.7 Å². The Bertz CT molecular complexity index is 1040. The van der Waals surface area contributed by atoms with Gasteiger partial charge in [-0.05, 0) is 30.3 Å². The number of benzene rings is 2. The summed E-state index contributed by atoms with van der Waals surface area (Å²) >= 11 is 0. The maximum absolute atomic E-state index is 12.7. The van der Waals surface area contributed by atoms with E-state index in [0.29, 0.717) is 71.0 Å². The minimum absolute atomic E-state index is 0.000528. The molecule has 1 aliphatic rings. The van der Waals surface area contributed by atoms with E-state index in [4.69, 9.17) is 43.0 Å². The molecular weight excluding hydrogens is 516 g/mol. The molecule has 0 aliphatic carbocycles.